The molecule has 2 heterocycles. The maximum atomic E-state index is 6.17. The van der Waals surface area contributed by atoms with Crippen molar-refractivity contribution in [3.63, 3.8) is 0 Å². The molecule has 2 unspecified atom stereocenters. The van der Waals surface area contributed by atoms with Gasteiger partial charge in [-0.25, -0.2) is 4.98 Å². The molecule has 0 amide bonds. The van der Waals surface area contributed by atoms with Crippen molar-refractivity contribution in [2.75, 3.05) is 7.05 Å². The first-order valence-corrected chi connectivity index (χ1v) is 7.78. The Morgan fingerprint density at radius 1 is 1.50 bits per heavy atom. The van der Waals surface area contributed by atoms with E-state index in [1.54, 1.807) is 22.7 Å². The summed E-state index contributed by atoms with van der Waals surface area (Å²) in [6.45, 7) is 5.06. The van der Waals surface area contributed by atoms with Crippen LogP contribution in [0, 0.1) is 6.92 Å². The highest BCUT2D eigenvalue weighted by molar-refractivity contribution is 7.10. The fraction of sp³-hybridized carbons (Fsp3) is 0.462. The van der Waals surface area contributed by atoms with E-state index in [1.165, 1.54) is 10.4 Å². The third kappa shape index (κ3) is 2.98. The molecule has 0 radical (unpaired) electrons. The van der Waals surface area contributed by atoms with Gasteiger partial charge in [-0.2, -0.15) is 0 Å². The van der Waals surface area contributed by atoms with E-state index in [0.717, 1.165) is 12.2 Å². The summed E-state index contributed by atoms with van der Waals surface area (Å²) >= 11 is 3.42. The molecule has 0 fully saturated rings. The van der Waals surface area contributed by atoms with E-state index in [9.17, 15) is 0 Å². The zero-order valence-electron chi connectivity index (χ0n) is 11.0. The van der Waals surface area contributed by atoms with Crippen LogP contribution in [0.15, 0.2) is 22.3 Å². The van der Waals surface area contributed by atoms with Gasteiger partial charge in [0, 0.05) is 22.8 Å². The smallest absolute Gasteiger partial charge is 0.0795 e. The largest absolute Gasteiger partial charge is 0.326 e. The predicted octanol–water partition coefficient (Wildman–Crippen LogP) is 3.03. The lowest BCUT2D eigenvalue weighted by Gasteiger charge is -2.30. The Morgan fingerprint density at radius 2 is 2.28 bits per heavy atom. The second-order valence-corrected chi connectivity index (χ2v) is 6.33. The van der Waals surface area contributed by atoms with E-state index >= 15 is 0 Å². The SMILES string of the molecule is Cc1ccsc1C(C(C)N)N(C)Cc1cscn1. The molecule has 0 saturated carbocycles. The third-order valence-corrected chi connectivity index (χ3v) is 4.76. The fourth-order valence-corrected chi connectivity index (χ4v) is 3.95. The average Bonchev–Trinajstić information content (AvgIpc) is 2.91. The standard InChI is InChI=1S/C13H19N3S2/c1-9-4-5-18-13(9)12(10(2)14)16(3)6-11-7-17-8-15-11/h4-5,7-8,10,12H,6,14H2,1-3H3. The summed E-state index contributed by atoms with van der Waals surface area (Å²) in [5, 5.41) is 4.23. The van der Waals surface area contributed by atoms with Gasteiger partial charge in [-0.05, 0) is 37.9 Å². The fourth-order valence-electron chi connectivity index (χ4n) is 2.20. The van der Waals surface area contributed by atoms with Crippen molar-refractivity contribution in [2.45, 2.75) is 32.5 Å². The van der Waals surface area contributed by atoms with Gasteiger partial charge in [0.1, 0.15) is 0 Å². The summed E-state index contributed by atoms with van der Waals surface area (Å²) in [6.07, 6.45) is 0. The summed E-state index contributed by atoms with van der Waals surface area (Å²) in [5.41, 5.74) is 10.5. The lowest BCUT2D eigenvalue weighted by molar-refractivity contribution is 0.212. The van der Waals surface area contributed by atoms with Crippen molar-refractivity contribution < 1.29 is 0 Å². The first-order chi connectivity index (χ1) is 8.59. The topological polar surface area (TPSA) is 42.1 Å². The molecular formula is C13H19N3S2. The zero-order valence-corrected chi connectivity index (χ0v) is 12.6. The van der Waals surface area contributed by atoms with Crippen molar-refractivity contribution in [1.29, 1.82) is 0 Å². The molecule has 2 N–H and O–H groups in total. The van der Waals surface area contributed by atoms with E-state index in [-0.39, 0.29) is 12.1 Å². The van der Waals surface area contributed by atoms with Crippen LogP contribution in [0.4, 0.5) is 0 Å². The predicted molar refractivity (Wildman–Crippen MR) is 79.0 cm³/mol. The third-order valence-electron chi connectivity index (χ3n) is 3.04. The number of likely N-dealkylation sites (N-methyl/N-ethyl adjacent to an activating group) is 1. The highest BCUT2D eigenvalue weighted by Gasteiger charge is 2.24. The first kappa shape index (κ1) is 13.7. The van der Waals surface area contributed by atoms with Crippen molar-refractivity contribution >= 4 is 22.7 Å². The Kier molecular flexibility index (Phi) is 4.50. The maximum Gasteiger partial charge on any atom is 0.0795 e. The van der Waals surface area contributed by atoms with E-state index in [4.69, 9.17) is 5.73 Å². The average molecular weight is 281 g/mol. The molecule has 0 saturated heterocycles. The number of nitrogens with zero attached hydrogens (tertiary/aromatic N) is 2. The van der Waals surface area contributed by atoms with Crippen LogP contribution < -0.4 is 5.73 Å². The minimum absolute atomic E-state index is 0.103. The molecule has 2 rings (SSSR count). The van der Waals surface area contributed by atoms with Gasteiger partial charge in [-0.3, -0.25) is 4.90 Å². The zero-order chi connectivity index (χ0) is 13.1. The van der Waals surface area contributed by atoms with Gasteiger partial charge in [0.15, 0.2) is 0 Å². The number of aryl methyl sites for hydroxylation is 1. The summed E-state index contributed by atoms with van der Waals surface area (Å²) in [5.74, 6) is 0. The van der Waals surface area contributed by atoms with Crippen LogP contribution in [0.3, 0.4) is 0 Å². The van der Waals surface area contributed by atoms with Crippen LogP contribution in [-0.4, -0.2) is 23.0 Å². The molecule has 0 spiro atoms. The molecule has 5 heteroatoms. The highest BCUT2D eigenvalue weighted by atomic mass is 32.1. The molecule has 2 aromatic rings. The number of hydrogen-bond donors (Lipinski definition) is 1. The van der Waals surface area contributed by atoms with Crippen LogP contribution in [0.1, 0.15) is 29.1 Å². The summed E-state index contributed by atoms with van der Waals surface area (Å²) < 4.78 is 0. The quantitative estimate of drug-likeness (QED) is 0.916. The minimum Gasteiger partial charge on any atom is -0.326 e. The molecule has 18 heavy (non-hydrogen) atoms. The van der Waals surface area contributed by atoms with Crippen LogP contribution >= 0.6 is 22.7 Å². The van der Waals surface area contributed by atoms with Gasteiger partial charge >= 0.3 is 0 Å². The van der Waals surface area contributed by atoms with E-state index in [1.807, 2.05) is 5.51 Å². The first-order valence-electron chi connectivity index (χ1n) is 5.96. The summed E-state index contributed by atoms with van der Waals surface area (Å²) in [4.78, 5) is 8.00. The molecule has 0 aliphatic carbocycles. The van der Waals surface area contributed by atoms with Gasteiger partial charge in [0.05, 0.1) is 17.2 Å². The molecule has 2 aromatic heterocycles. The molecule has 0 aliphatic rings. The van der Waals surface area contributed by atoms with Crippen molar-refractivity contribution in [3.8, 4) is 0 Å². The minimum atomic E-state index is 0.103. The number of aromatic nitrogens is 1. The maximum absolute atomic E-state index is 6.17. The van der Waals surface area contributed by atoms with Gasteiger partial charge in [0.2, 0.25) is 0 Å². The summed E-state index contributed by atoms with van der Waals surface area (Å²) in [7, 11) is 2.12. The van der Waals surface area contributed by atoms with E-state index < -0.39 is 0 Å². The van der Waals surface area contributed by atoms with Crippen LogP contribution in [-0.2, 0) is 6.54 Å². The Labute approximate surface area is 116 Å². The molecule has 98 valence electrons. The lowest BCUT2D eigenvalue weighted by Crippen LogP contribution is -2.36. The molecule has 3 nitrogen and oxygen atoms in total. The Balaban J connectivity index is 2.18. The molecule has 0 aromatic carbocycles. The van der Waals surface area contributed by atoms with E-state index in [2.05, 4.69) is 47.6 Å². The lowest BCUT2D eigenvalue weighted by atomic mass is 10.0. The Bertz CT molecular complexity index is 476. The van der Waals surface area contributed by atoms with Crippen molar-refractivity contribution in [3.05, 3.63) is 38.5 Å². The van der Waals surface area contributed by atoms with Gasteiger partial charge in [-0.15, -0.1) is 22.7 Å². The molecule has 0 aliphatic heterocycles. The number of rotatable bonds is 5. The van der Waals surface area contributed by atoms with Gasteiger partial charge in [0.25, 0.3) is 0 Å². The molecular weight excluding hydrogens is 262 g/mol. The number of hydrogen-bond acceptors (Lipinski definition) is 5. The van der Waals surface area contributed by atoms with Crippen LogP contribution in [0.25, 0.3) is 0 Å². The van der Waals surface area contributed by atoms with Gasteiger partial charge in [-0.1, -0.05) is 0 Å². The monoisotopic (exact) mass is 281 g/mol. The number of thiophene rings is 1. The summed E-state index contributed by atoms with van der Waals surface area (Å²) in [6, 6.07) is 2.52. The normalized spacial score (nSPS) is 14.9. The highest BCUT2D eigenvalue weighted by Crippen LogP contribution is 2.30. The van der Waals surface area contributed by atoms with Crippen molar-refractivity contribution in [1.82, 2.24) is 9.88 Å². The second-order valence-electron chi connectivity index (χ2n) is 4.67. The molecule has 0 bridgehead atoms. The number of thiazole rings is 1. The van der Waals surface area contributed by atoms with Crippen LogP contribution in [0.5, 0.6) is 0 Å². The van der Waals surface area contributed by atoms with E-state index in [0.29, 0.717) is 0 Å². The van der Waals surface area contributed by atoms with Crippen LogP contribution in [0.2, 0.25) is 0 Å². The molecule has 2 atom stereocenters. The van der Waals surface area contributed by atoms with Crippen molar-refractivity contribution in [2.24, 2.45) is 5.73 Å². The Hall–Kier alpha value is -0.750. The van der Waals surface area contributed by atoms with Gasteiger partial charge < -0.3 is 5.73 Å². The second kappa shape index (κ2) is 5.93. The Morgan fingerprint density at radius 3 is 2.78 bits per heavy atom. The number of nitrogens with two attached hydrogens (primary N) is 1.